The first-order valence-electron chi connectivity index (χ1n) is 9.11. The van der Waals surface area contributed by atoms with Crippen LogP contribution < -0.4 is 0 Å². The second-order valence-electron chi connectivity index (χ2n) is 7.25. The molecular formula is C20H22O5S3. The Balaban J connectivity index is 1.99. The summed E-state index contributed by atoms with van der Waals surface area (Å²) in [6.45, 7) is 3.60. The molecule has 1 aromatic rings. The third kappa shape index (κ3) is 3.15. The SMILES string of the molecule is Cc1cc(C(O)=C2C(=O)CCCC2=O)c(C)c2c1S(O)(O)CC1=C2SCCS1. The molecule has 0 bridgehead atoms. The molecule has 5 nitrogen and oxygen atoms in total. The molecule has 28 heavy (non-hydrogen) atoms. The maximum Gasteiger partial charge on any atom is 0.170 e. The van der Waals surface area contributed by atoms with Crippen molar-refractivity contribution >= 4 is 56.3 Å². The lowest BCUT2D eigenvalue weighted by Crippen LogP contribution is -2.22. The standard InChI is InChI=1S/C20H22O5S3/c1-10-8-12(18(23)17-13(21)4-3-5-14(17)22)11(2)16-19-15(26-6-7-27-19)9-28(24,25)20(10)16/h8,23-25H,3-7,9H2,1-2H3. The van der Waals surface area contributed by atoms with Gasteiger partial charge in [-0.25, -0.2) is 0 Å². The number of hydrogen-bond acceptors (Lipinski definition) is 7. The highest BCUT2D eigenvalue weighted by atomic mass is 32.3. The van der Waals surface area contributed by atoms with Crippen molar-refractivity contribution in [1.82, 2.24) is 0 Å². The van der Waals surface area contributed by atoms with Crippen LogP contribution >= 0.6 is 34.1 Å². The first-order chi connectivity index (χ1) is 13.2. The zero-order chi connectivity index (χ0) is 20.2. The van der Waals surface area contributed by atoms with Crippen molar-refractivity contribution in [3.8, 4) is 0 Å². The molecule has 0 atom stereocenters. The van der Waals surface area contributed by atoms with Gasteiger partial charge in [0.1, 0.15) is 11.3 Å². The van der Waals surface area contributed by atoms with E-state index in [1.165, 1.54) is 0 Å². The fraction of sp³-hybridized carbons (Fsp3) is 0.400. The van der Waals surface area contributed by atoms with Crippen molar-refractivity contribution in [3.05, 3.63) is 38.8 Å². The van der Waals surface area contributed by atoms with Crippen LogP contribution in [0.5, 0.6) is 0 Å². The summed E-state index contributed by atoms with van der Waals surface area (Å²) in [5.74, 6) is 1.15. The Morgan fingerprint density at radius 2 is 1.71 bits per heavy atom. The van der Waals surface area contributed by atoms with Crippen LogP contribution in [0.25, 0.3) is 10.7 Å². The van der Waals surface area contributed by atoms with Crippen LogP contribution in [0.2, 0.25) is 0 Å². The Bertz CT molecular complexity index is 957. The molecule has 0 saturated heterocycles. The lowest BCUT2D eigenvalue weighted by atomic mass is 9.87. The number of aryl methyl sites for hydroxylation is 1. The lowest BCUT2D eigenvalue weighted by Gasteiger charge is -2.42. The van der Waals surface area contributed by atoms with Gasteiger partial charge in [0.05, 0.1) is 10.6 Å². The topological polar surface area (TPSA) is 94.8 Å². The Kier molecular flexibility index (Phi) is 5.20. The zero-order valence-electron chi connectivity index (χ0n) is 15.7. The molecule has 2 heterocycles. The predicted molar refractivity (Wildman–Crippen MR) is 117 cm³/mol. The molecule has 0 unspecified atom stereocenters. The highest BCUT2D eigenvalue weighted by Crippen LogP contribution is 2.63. The summed E-state index contributed by atoms with van der Waals surface area (Å²) in [7, 11) is -2.98. The number of aliphatic hydroxyl groups excluding tert-OH is 1. The van der Waals surface area contributed by atoms with E-state index < -0.39 is 10.6 Å². The molecule has 0 radical (unpaired) electrons. The summed E-state index contributed by atoms with van der Waals surface area (Å²) < 4.78 is 21.7. The number of fused-ring (bicyclic) bond motifs is 2. The number of thioether (sulfide) groups is 2. The number of ketones is 2. The van der Waals surface area contributed by atoms with Gasteiger partial charge in [0.25, 0.3) is 0 Å². The molecule has 150 valence electrons. The molecule has 3 aliphatic rings. The number of allylic oxidation sites excluding steroid dienone is 1. The van der Waals surface area contributed by atoms with E-state index in [1.807, 2.05) is 6.92 Å². The Labute approximate surface area is 174 Å². The molecule has 3 N–H and O–H groups in total. The fourth-order valence-corrected chi connectivity index (χ4v) is 9.21. The number of benzene rings is 1. The maximum atomic E-state index is 12.3. The van der Waals surface area contributed by atoms with Gasteiger partial charge in [-0.2, -0.15) is 10.6 Å². The predicted octanol–water partition coefficient (Wildman–Crippen LogP) is 5.17. The summed E-state index contributed by atoms with van der Waals surface area (Å²) >= 11 is 3.34. The van der Waals surface area contributed by atoms with E-state index in [2.05, 4.69) is 0 Å². The number of carbonyl (C=O) groups is 2. The largest absolute Gasteiger partial charge is 0.506 e. The summed E-state index contributed by atoms with van der Waals surface area (Å²) in [6, 6.07) is 1.67. The van der Waals surface area contributed by atoms with E-state index in [-0.39, 0.29) is 41.5 Å². The summed E-state index contributed by atoms with van der Waals surface area (Å²) in [5.41, 5.74) is 2.39. The van der Waals surface area contributed by atoms with Gasteiger partial charge in [-0.05, 0) is 37.5 Å². The van der Waals surface area contributed by atoms with Gasteiger partial charge in [0, 0.05) is 45.3 Å². The highest BCUT2D eigenvalue weighted by molar-refractivity contribution is 8.26. The van der Waals surface area contributed by atoms with Crippen LogP contribution in [0.15, 0.2) is 21.4 Å². The smallest absolute Gasteiger partial charge is 0.170 e. The molecule has 4 rings (SSSR count). The average Bonchev–Trinajstić information content (AvgIpc) is 2.62. The van der Waals surface area contributed by atoms with Gasteiger partial charge in [-0.15, -0.1) is 23.5 Å². The van der Waals surface area contributed by atoms with E-state index in [0.717, 1.165) is 26.9 Å². The van der Waals surface area contributed by atoms with Gasteiger partial charge in [0.15, 0.2) is 11.6 Å². The third-order valence-corrected chi connectivity index (χ3v) is 10.0. The maximum absolute atomic E-state index is 12.3. The molecule has 0 spiro atoms. The van der Waals surface area contributed by atoms with Crippen LogP contribution in [0, 0.1) is 13.8 Å². The molecule has 1 aromatic carbocycles. The Morgan fingerprint density at radius 1 is 1.07 bits per heavy atom. The molecule has 2 aliphatic heterocycles. The third-order valence-electron chi connectivity index (χ3n) is 5.33. The quantitative estimate of drug-likeness (QED) is 0.316. The van der Waals surface area contributed by atoms with Crippen molar-refractivity contribution in [3.63, 3.8) is 0 Å². The van der Waals surface area contributed by atoms with Crippen molar-refractivity contribution in [2.24, 2.45) is 0 Å². The number of hydrogen-bond donors (Lipinski definition) is 3. The second-order valence-corrected chi connectivity index (χ2v) is 11.6. The van der Waals surface area contributed by atoms with E-state index in [1.54, 1.807) is 36.5 Å². The number of carbonyl (C=O) groups excluding carboxylic acids is 2. The number of rotatable bonds is 1. The zero-order valence-corrected chi connectivity index (χ0v) is 18.2. The molecule has 8 heteroatoms. The van der Waals surface area contributed by atoms with E-state index in [0.29, 0.717) is 28.0 Å². The average molecular weight is 439 g/mol. The summed E-state index contributed by atoms with van der Waals surface area (Å²) in [4.78, 5) is 27.1. The molecule has 0 amide bonds. The van der Waals surface area contributed by atoms with Gasteiger partial charge in [-0.3, -0.25) is 18.7 Å². The Hall–Kier alpha value is -1.19. The summed E-state index contributed by atoms with van der Waals surface area (Å²) in [6.07, 6.45) is 1.04. The van der Waals surface area contributed by atoms with Crippen LogP contribution in [-0.2, 0) is 9.59 Å². The minimum Gasteiger partial charge on any atom is -0.506 e. The molecule has 1 aliphatic carbocycles. The molecule has 0 aromatic heterocycles. The molecular weight excluding hydrogens is 416 g/mol. The van der Waals surface area contributed by atoms with Crippen LogP contribution in [0.4, 0.5) is 0 Å². The van der Waals surface area contributed by atoms with Gasteiger partial charge in [0.2, 0.25) is 0 Å². The van der Waals surface area contributed by atoms with Crippen molar-refractivity contribution in [1.29, 1.82) is 0 Å². The minimum atomic E-state index is -2.98. The first-order valence-corrected chi connectivity index (χ1v) is 12.8. The van der Waals surface area contributed by atoms with Crippen LogP contribution in [0.1, 0.15) is 41.5 Å². The first kappa shape index (κ1) is 20.1. The van der Waals surface area contributed by atoms with Crippen molar-refractivity contribution in [2.75, 3.05) is 17.3 Å². The summed E-state index contributed by atoms with van der Waals surface area (Å²) in [5, 5.41) is 10.9. The molecule has 1 fully saturated rings. The monoisotopic (exact) mass is 438 g/mol. The number of aliphatic hydroxyl groups is 1. The van der Waals surface area contributed by atoms with Crippen LogP contribution in [0.3, 0.4) is 0 Å². The second kappa shape index (κ2) is 7.25. The van der Waals surface area contributed by atoms with Crippen molar-refractivity contribution in [2.45, 2.75) is 38.0 Å². The lowest BCUT2D eigenvalue weighted by molar-refractivity contribution is -0.123. The van der Waals surface area contributed by atoms with E-state index in [9.17, 15) is 23.8 Å². The van der Waals surface area contributed by atoms with Crippen molar-refractivity contribution < 1.29 is 23.8 Å². The van der Waals surface area contributed by atoms with Gasteiger partial charge >= 0.3 is 0 Å². The normalized spacial score (nSPS) is 22.6. The molecule has 1 saturated carbocycles. The van der Waals surface area contributed by atoms with Gasteiger partial charge in [-0.1, -0.05) is 0 Å². The Morgan fingerprint density at radius 3 is 2.39 bits per heavy atom. The minimum absolute atomic E-state index is 0.115. The van der Waals surface area contributed by atoms with Crippen LogP contribution in [-0.4, -0.2) is 43.0 Å². The van der Waals surface area contributed by atoms with E-state index in [4.69, 9.17) is 0 Å². The highest BCUT2D eigenvalue weighted by Gasteiger charge is 2.37. The number of Topliss-reactive ketones (excluding diaryl/α,β-unsaturated/α-hetero) is 2. The fourth-order valence-electron chi connectivity index (χ4n) is 4.08. The van der Waals surface area contributed by atoms with Gasteiger partial charge < -0.3 is 5.11 Å². The van der Waals surface area contributed by atoms with E-state index >= 15 is 0 Å².